The second-order valence-corrected chi connectivity index (χ2v) is 6.89. The Morgan fingerprint density at radius 2 is 1.86 bits per heavy atom. The third-order valence-corrected chi connectivity index (χ3v) is 4.74. The van der Waals surface area contributed by atoms with Crippen molar-refractivity contribution in [2.45, 2.75) is 32.5 Å². The average molecular weight is 413 g/mol. The zero-order valence-corrected chi connectivity index (χ0v) is 17.0. The number of urea groups is 1. The lowest BCUT2D eigenvalue weighted by Crippen LogP contribution is -2.27. The number of carbonyl (C=O) groups excluding carboxylic acids is 1. The molecule has 0 bridgehead atoms. The Morgan fingerprint density at radius 1 is 1.10 bits per heavy atom. The van der Waals surface area contributed by atoms with Crippen molar-refractivity contribution >= 4 is 24.5 Å². The van der Waals surface area contributed by atoms with Crippen LogP contribution < -0.4 is 19.5 Å². The van der Waals surface area contributed by atoms with Crippen LogP contribution in [0, 0.1) is 0 Å². The minimum absolute atomic E-state index is 0.466. The summed E-state index contributed by atoms with van der Waals surface area (Å²) in [5.41, 5.74) is 7.86. The number of amides is 2. The normalized spacial score (nSPS) is 11.7. The number of carbonyl (C=O) groups is 1. The molecular formula is C22H24N2O4S. The second-order valence-electron chi connectivity index (χ2n) is 6.49. The van der Waals surface area contributed by atoms with Crippen molar-refractivity contribution in [2.24, 2.45) is 5.73 Å². The minimum atomic E-state index is -0.665. The van der Waals surface area contributed by atoms with E-state index in [1.165, 1.54) is 0 Å². The molecule has 0 saturated carbocycles. The summed E-state index contributed by atoms with van der Waals surface area (Å²) < 4.78 is 18.3. The molecule has 0 aliphatic heterocycles. The van der Waals surface area contributed by atoms with Gasteiger partial charge in [-0.1, -0.05) is 44.4 Å². The Labute approximate surface area is 175 Å². The molecule has 6 nitrogen and oxygen atoms in total. The molecule has 2 amide bonds. The van der Waals surface area contributed by atoms with Gasteiger partial charge in [0, 0.05) is 18.1 Å². The first-order valence-electron chi connectivity index (χ1n) is 9.41. The van der Waals surface area contributed by atoms with E-state index in [2.05, 4.69) is 19.7 Å². The fourth-order valence-electron chi connectivity index (χ4n) is 2.79. The Kier molecular flexibility index (Phi) is 7.08. The SMILES string of the molecule is CCCCC(Oc1ccc(-c2ccoc2)cc1)Oc1cccc(N(S)C(N)=O)c1. The van der Waals surface area contributed by atoms with E-state index in [4.69, 9.17) is 19.6 Å². The maximum atomic E-state index is 11.3. The van der Waals surface area contributed by atoms with Gasteiger partial charge in [0.2, 0.25) is 6.29 Å². The van der Waals surface area contributed by atoms with Crippen LogP contribution in [0.15, 0.2) is 71.5 Å². The van der Waals surface area contributed by atoms with Gasteiger partial charge in [-0.2, -0.15) is 0 Å². The molecule has 3 aromatic rings. The molecule has 0 saturated heterocycles. The van der Waals surface area contributed by atoms with Crippen molar-refractivity contribution in [1.82, 2.24) is 0 Å². The van der Waals surface area contributed by atoms with E-state index in [9.17, 15) is 4.79 Å². The monoisotopic (exact) mass is 412 g/mol. The lowest BCUT2D eigenvalue weighted by atomic mass is 10.1. The number of rotatable bonds is 9. The Hall–Kier alpha value is -3.06. The number of anilines is 1. The molecule has 0 aliphatic rings. The largest absolute Gasteiger partial charge is 0.472 e. The van der Waals surface area contributed by atoms with E-state index in [1.807, 2.05) is 30.3 Å². The quantitative estimate of drug-likeness (QED) is 0.352. The summed E-state index contributed by atoms with van der Waals surface area (Å²) in [5.74, 6) is 1.28. The zero-order chi connectivity index (χ0) is 20.6. The molecule has 1 aromatic heterocycles. The molecular weight excluding hydrogens is 388 g/mol. The molecule has 0 radical (unpaired) electrons. The highest BCUT2D eigenvalue weighted by Crippen LogP contribution is 2.27. The summed E-state index contributed by atoms with van der Waals surface area (Å²) in [7, 11) is 0. The van der Waals surface area contributed by atoms with E-state index < -0.39 is 12.3 Å². The number of nitrogens with zero attached hydrogens (tertiary/aromatic N) is 1. The number of benzene rings is 2. The second kappa shape index (κ2) is 9.93. The summed E-state index contributed by atoms with van der Waals surface area (Å²) in [4.78, 5) is 11.3. The number of unbranched alkanes of at least 4 members (excludes halogenated alkanes) is 1. The Morgan fingerprint density at radius 3 is 2.52 bits per heavy atom. The first-order chi connectivity index (χ1) is 14.1. The molecule has 7 heteroatoms. The van der Waals surface area contributed by atoms with Gasteiger partial charge in [-0.3, -0.25) is 0 Å². The van der Waals surface area contributed by atoms with Gasteiger partial charge < -0.3 is 19.6 Å². The number of hydrogen-bond donors (Lipinski definition) is 2. The van der Waals surface area contributed by atoms with Crippen LogP contribution in [-0.2, 0) is 0 Å². The fraction of sp³-hybridized carbons (Fsp3) is 0.227. The number of nitrogens with two attached hydrogens (primary N) is 1. The standard InChI is InChI=1S/C22H24N2O4S/c1-2-3-7-21(28-20-6-4-5-18(14-20)24(29)22(23)25)27-19-10-8-16(9-11-19)17-12-13-26-15-17/h4-6,8-15,21,29H,2-3,7H2,1H3,(H2,23,25). The highest BCUT2D eigenvalue weighted by Gasteiger charge is 2.14. The number of furan rings is 1. The van der Waals surface area contributed by atoms with Gasteiger partial charge >= 0.3 is 6.03 Å². The van der Waals surface area contributed by atoms with Gasteiger partial charge in [-0.25, -0.2) is 9.10 Å². The Balaban J connectivity index is 1.71. The lowest BCUT2D eigenvalue weighted by Gasteiger charge is -2.21. The van der Waals surface area contributed by atoms with Gasteiger partial charge in [0.05, 0.1) is 18.2 Å². The van der Waals surface area contributed by atoms with Crippen LogP contribution in [0.2, 0.25) is 0 Å². The molecule has 2 N–H and O–H groups in total. The molecule has 1 atom stereocenters. The third kappa shape index (κ3) is 5.71. The van der Waals surface area contributed by atoms with Crippen LogP contribution in [0.5, 0.6) is 11.5 Å². The zero-order valence-electron chi connectivity index (χ0n) is 16.2. The topological polar surface area (TPSA) is 77.9 Å². The van der Waals surface area contributed by atoms with Gasteiger partial charge in [-0.05, 0) is 42.3 Å². The van der Waals surface area contributed by atoms with E-state index in [0.29, 0.717) is 17.2 Å². The smallest absolute Gasteiger partial charge is 0.329 e. The van der Waals surface area contributed by atoms with E-state index in [1.54, 1.807) is 36.8 Å². The summed E-state index contributed by atoms with van der Waals surface area (Å²) >= 11 is 4.09. The first kappa shape index (κ1) is 20.7. The predicted octanol–water partition coefficient (Wildman–Crippen LogP) is 5.65. The maximum absolute atomic E-state index is 11.3. The minimum Gasteiger partial charge on any atom is -0.472 e. The maximum Gasteiger partial charge on any atom is 0.329 e. The molecule has 0 fully saturated rings. The van der Waals surface area contributed by atoms with Gasteiger partial charge in [-0.15, -0.1) is 0 Å². The third-order valence-electron chi connectivity index (χ3n) is 4.31. The highest BCUT2D eigenvalue weighted by atomic mass is 32.1. The molecule has 152 valence electrons. The van der Waals surface area contributed by atoms with Crippen molar-refractivity contribution in [3.8, 4) is 22.6 Å². The van der Waals surface area contributed by atoms with Gasteiger partial charge in [0.1, 0.15) is 11.5 Å². The van der Waals surface area contributed by atoms with Crippen LogP contribution in [0.4, 0.5) is 10.5 Å². The van der Waals surface area contributed by atoms with E-state index in [0.717, 1.165) is 34.7 Å². The molecule has 2 aromatic carbocycles. The van der Waals surface area contributed by atoms with Crippen molar-refractivity contribution < 1.29 is 18.7 Å². The van der Waals surface area contributed by atoms with Crippen LogP contribution in [0.25, 0.3) is 11.1 Å². The molecule has 3 rings (SSSR count). The van der Waals surface area contributed by atoms with Crippen LogP contribution in [0.3, 0.4) is 0 Å². The van der Waals surface area contributed by atoms with Crippen molar-refractivity contribution in [2.75, 3.05) is 4.31 Å². The molecule has 29 heavy (non-hydrogen) atoms. The number of primary amides is 1. The Bertz CT molecular complexity index is 913. The van der Waals surface area contributed by atoms with Gasteiger partial charge in [0.25, 0.3) is 0 Å². The molecule has 1 unspecified atom stereocenters. The lowest BCUT2D eigenvalue weighted by molar-refractivity contribution is -0.00206. The van der Waals surface area contributed by atoms with Crippen LogP contribution in [-0.4, -0.2) is 12.3 Å². The summed E-state index contributed by atoms with van der Waals surface area (Å²) in [6.07, 6.45) is 5.59. The van der Waals surface area contributed by atoms with Crippen LogP contribution >= 0.6 is 12.8 Å². The number of hydrogen-bond acceptors (Lipinski definition) is 5. The first-order valence-corrected chi connectivity index (χ1v) is 9.81. The van der Waals surface area contributed by atoms with Crippen molar-refractivity contribution in [3.63, 3.8) is 0 Å². The highest BCUT2D eigenvalue weighted by molar-refractivity contribution is 7.82. The summed E-state index contributed by atoms with van der Waals surface area (Å²) in [6.45, 7) is 2.11. The van der Waals surface area contributed by atoms with E-state index in [-0.39, 0.29) is 0 Å². The fourth-order valence-corrected chi connectivity index (χ4v) is 2.91. The molecule has 0 spiro atoms. The van der Waals surface area contributed by atoms with Crippen molar-refractivity contribution in [1.29, 1.82) is 0 Å². The molecule has 1 heterocycles. The van der Waals surface area contributed by atoms with Crippen molar-refractivity contribution in [3.05, 3.63) is 67.1 Å². The van der Waals surface area contributed by atoms with Gasteiger partial charge in [0.15, 0.2) is 0 Å². The average Bonchev–Trinajstić information content (AvgIpc) is 3.27. The number of thiol groups is 1. The van der Waals surface area contributed by atoms with Crippen LogP contribution in [0.1, 0.15) is 26.2 Å². The summed E-state index contributed by atoms with van der Waals surface area (Å²) in [6, 6.07) is 16.0. The predicted molar refractivity (Wildman–Crippen MR) is 116 cm³/mol. The number of ether oxygens (including phenoxy) is 2. The summed E-state index contributed by atoms with van der Waals surface area (Å²) in [5, 5.41) is 0. The van der Waals surface area contributed by atoms with E-state index >= 15 is 0 Å². The molecule has 0 aliphatic carbocycles.